The van der Waals surface area contributed by atoms with E-state index in [-0.39, 0.29) is 6.42 Å². The van der Waals surface area contributed by atoms with E-state index in [1.165, 1.54) is 7.11 Å². The van der Waals surface area contributed by atoms with Crippen LogP contribution in [0.3, 0.4) is 0 Å². The molecule has 2 heterocycles. The number of nitro groups is 1. The highest BCUT2D eigenvalue weighted by atomic mass is 16.6. The lowest BCUT2D eigenvalue weighted by atomic mass is 9.73. The number of ether oxygens (including phenoxy) is 3. The largest absolute Gasteiger partial charge is 0.469 e. The highest BCUT2D eigenvalue weighted by Crippen LogP contribution is 2.53. The summed E-state index contributed by atoms with van der Waals surface area (Å²) in [4.78, 5) is 37.2. The van der Waals surface area contributed by atoms with Gasteiger partial charge < -0.3 is 19.3 Å². The van der Waals surface area contributed by atoms with Crippen molar-refractivity contribution in [2.45, 2.75) is 56.5 Å². The van der Waals surface area contributed by atoms with Crippen LogP contribution in [0.15, 0.2) is 0 Å². The van der Waals surface area contributed by atoms with Crippen molar-refractivity contribution in [3.8, 4) is 0 Å². The Morgan fingerprint density at radius 3 is 2.36 bits per heavy atom. The summed E-state index contributed by atoms with van der Waals surface area (Å²) < 4.78 is 15.4. The van der Waals surface area contributed by atoms with Gasteiger partial charge in [-0.1, -0.05) is 0 Å². The first-order valence-electron chi connectivity index (χ1n) is 7.92. The van der Waals surface area contributed by atoms with E-state index in [4.69, 9.17) is 14.2 Å². The molecule has 0 aromatic rings. The van der Waals surface area contributed by atoms with E-state index in [0.29, 0.717) is 0 Å². The first-order valence-corrected chi connectivity index (χ1v) is 7.92. The summed E-state index contributed by atoms with van der Waals surface area (Å²) in [7, 11) is 2.47. The van der Waals surface area contributed by atoms with Gasteiger partial charge in [-0.05, 0) is 20.8 Å². The van der Waals surface area contributed by atoms with E-state index in [0.717, 1.165) is 12.0 Å². The lowest BCUT2D eigenvalue weighted by Gasteiger charge is -2.40. The molecule has 0 saturated carbocycles. The van der Waals surface area contributed by atoms with Crippen molar-refractivity contribution in [2.75, 3.05) is 20.8 Å². The van der Waals surface area contributed by atoms with Crippen molar-refractivity contribution in [2.24, 2.45) is 5.92 Å². The van der Waals surface area contributed by atoms with Gasteiger partial charge in [0.25, 0.3) is 0 Å². The van der Waals surface area contributed by atoms with Crippen LogP contribution in [-0.2, 0) is 19.0 Å². The molecular formula is C15H24N2O8. The molecule has 2 saturated heterocycles. The SMILES string of the molecule is COC(=O)C1C([N+](=O)[O-])C2CC(OC)C1(CO)N2C(=O)OC(C)(C)C. The Kier molecular flexibility index (Phi) is 4.97. The number of carbonyl (C=O) groups excluding carboxylic acids is 2. The summed E-state index contributed by atoms with van der Waals surface area (Å²) in [5, 5.41) is 21.7. The van der Waals surface area contributed by atoms with Crippen molar-refractivity contribution in [3.05, 3.63) is 10.1 Å². The van der Waals surface area contributed by atoms with Gasteiger partial charge in [-0.15, -0.1) is 0 Å². The second-order valence-electron chi connectivity index (χ2n) is 7.30. The molecule has 0 spiro atoms. The van der Waals surface area contributed by atoms with Crippen LogP contribution in [-0.4, -0.2) is 77.1 Å². The number of aliphatic hydroxyl groups is 1. The highest BCUT2D eigenvalue weighted by molar-refractivity contribution is 5.80. The Morgan fingerprint density at radius 1 is 1.36 bits per heavy atom. The zero-order chi connectivity index (χ0) is 19.2. The average Bonchev–Trinajstić information content (AvgIpc) is 2.99. The molecule has 142 valence electrons. The van der Waals surface area contributed by atoms with Crippen LogP contribution in [0.25, 0.3) is 0 Å². The highest BCUT2D eigenvalue weighted by Gasteiger charge is 2.77. The minimum absolute atomic E-state index is 0.120. The number of hydrogen-bond donors (Lipinski definition) is 1. The third-order valence-electron chi connectivity index (χ3n) is 4.89. The van der Waals surface area contributed by atoms with Crippen LogP contribution in [0.2, 0.25) is 0 Å². The van der Waals surface area contributed by atoms with Crippen molar-refractivity contribution in [1.82, 2.24) is 4.90 Å². The Hall–Kier alpha value is -1.94. The minimum Gasteiger partial charge on any atom is -0.469 e. The van der Waals surface area contributed by atoms with Crippen LogP contribution < -0.4 is 0 Å². The maximum Gasteiger partial charge on any atom is 0.411 e. The maximum atomic E-state index is 12.7. The quantitative estimate of drug-likeness (QED) is 0.427. The summed E-state index contributed by atoms with van der Waals surface area (Å²) in [5.74, 6) is -2.22. The Bertz CT molecular complexity index is 574. The average molecular weight is 360 g/mol. The van der Waals surface area contributed by atoms with Gasteiger partial charge in [0.05, 0.1) is 19.8 Å². The fourth-order valence-corrected chi connectivity index (χ4v) is 4.08. The molecule has 0 aliphatic carbocycles. The number of rotatable bonds is 4. The number of nitrogens with zero attached hydrogens (tertiary/aromatic N) is 2. The fourth-order valence-electron chi connectivity index (χ4n) is 4.08. The minimum atomic E-state index is -1.60. The number of amides is 1. The Balaban J connectivity index is 2.57. The van der Waals surface area contributed by atoms with Crippen LogP contribution in [0.1, 0.15) is 27.2 Å². The van der Waals surface area contributed by atoms with Crippen LogP contribution in [0.5, 0.6) is 0 Å². The smallest absolute Gasteiger partial charge is 0.411 e. The molecule has 2 rings (SSSR count). The van der Waals surface area contributed by atoms with Crippen LogP contribution >= 0.6 is 0 Å². The van der Waals surface area contributed by atoms with Gasteiger partial charge in [0.15, 0.2) is 5.92 Å². The van der Waals surface area contributed by atoms with E-state index in [1.54, 1.807) is 20.8 Å². The van der Waals surface area contributed by atoms with Crippen LogP contribution in [0, 0.1) is 16.0 Å². The van der Waals surface area contributed by atoms with Gasteiger partial charge in [-0.25, -0.2) is 4.79 Å². The zero-order valence-electron chi connectivity index (χ0n) is 14.9. The Morgan fingerprint density at radius 2 is 1.96 bits per heavy atom. The van der Waals surface area contributed by atoms with E-state index in [1.807, 2.05) is 0 Å². The van der Waals surface area contributed by atoms with Crippen molar-refractivity contribution < 1.29 is 33.8 Å². The summed E-state index contributed by atoms with van der Waals surface area (Å²) in [6.45, 7) is 4.28. The van der Waals surface area contributed by atoms with E-state index < -0.39 is 58.8 Å². The molecule has 0 radical (unpaired) electrons. The monoisotopic (exact) mass is 360 g/mol. The number of esters is 1. The topological polar surface area (TPSA) is 128 Å². The Labute approximate surface area is 145 Å². The molecule has 0 aromatic carbocycles. The number of methoxy groups -OCH3 is 2. The summed E-state index contributed by atoms with van der Waals surface area (Å²) in [6, 6.07) is -2.34. The molecule has 0 aromatic heterocycles. The van der Waals surface area contributed by atoms with E-state index in [2.05, 4.69) is 0 Å². The third-order valence-corrected chi connectivity index (χ3v) is 4.89. The molecule has 1 amide bonds. The summed E-state index contributed by atoms with van der Waals surface area (Å²) >= 11 is 0. The van der Waals surface area contributed by atoms with Gasteiger partial charge in [0, 0.05) is 18.5 Å². The molecular weight excluding hydrogens is 336 g/mol. The molecule has 2 fully saturated rings. The summed E-state index contributed by atoms with van der Waals surface area (Å²) in [6.07, 6.45) is -1.46. The standard InChI is InChI=1S/C15H24N2O8/c1-14(2,3)25-13(20)16-8-6-9(23-4)15(16,7-18)10(12(19)24-5)11(8)17(21)22/h8-11,18H,6-7H2,1-5H3. The maximum absolute atomic E-state index is 12.7. The zero-order valence-corrected chi connectivity index (χ0v) is 14.9. The second-order valence-corrected chi connectivity index (χ2v) is 7.30. The lowest BCUT2D eigenvalue weighted by Crippen LogP contribution is -2.62. The van der Waals surface area contributed by atoms with Crippen molar-refractivity contribution in [1.29, 1.82) is 0 Å². The molecule has 5 atom stereocenters. The first-order chi connectivity index (χ1) is 11.5. The molecule has 10 nitrogen and oxygen atoms in total. The van der Waals surface area contributed by atoms with Gasteiger partial charge in [0.2, 0.25) is 6.04 Å². The molecule has 1 N–H and O–H groups in total. The van der Waals surface area contributed by atoms with E-state index in [9.17, 15) is 24.8 Å². The van der Waals surface area contributed by atoms with Crippen LogP contribution in [0.4, 0.5) is 4.79 Å². The van der Waals surface area contributed by atoms with Gasteiger partial charge >= 0.3 is 12.1 Å². The van der Waals surface area contributed by atoms with Gasteiger partial charge in [-0.3, -0.25) is 19.8 Å². The molecule has 25 heavy (non-hydrogen) atoms. The second kappa shape index (κ2) is 6.41. The summed E-state index contributed by atoms with van der Waals surface area (Å²) in [5.41, 5.74) is -2.45. The van der Waals surface area contributed by atoms with Crippen molar-refractivity contribution in [3.63, 3.8) is 0 Å². The molecule has 10 heteroatoms. The predicted octanol–water partition coefficient (Wildman–Crippen LogP) is 0.190. The van der Waals surface area contributed by atoms with Crippen molar-refractivity contribution >= 4 is 12.1 Å². The molecule has 2 bridgehead atoms. The fraction of sp³-hybridized carbons (Fsp3) is 0.867. The third kappa shape index (κ3) is 2.82. The van der Waals surface area contributed by atoms with Gasteiger partial charge in [0.1, 0.15) is 17.2 Å². The molecule has 5 unspecified atom stereocenters. The molecule has 2 aliphatic rings. The number of fused-ring (bicyclic) bond motifs is 2. The van der Waals surface area contributed by atoms with Gasteiger partial charge in [-0.2, -0.15) is 0 Å². The number of hydrogen-bond acceptors (Lipinski definition) is 8. The normalized spacial score (nSPS) is 34.1. The lowest BCUT2D eigenvalue weighted by molar-refractivity contribution is -0.533. The number of aliphatic hydroxyl groups excluding tert-OH is 1. The van der Waals surface area contributed by atoms with E-state index >= 15 is 0 Å². The number of carbonyl (C=O) groups is 2. The molecule has 2 aliphatic heterocycles. The first kappa shape index (κ1) is 19.4. The predicted molar refractivity (Wildman–Crippen MR) is 83.4 cm³/mol.